The lowest BCUT2D eigenvalue weighted by molar-refractivity contribution is 0.566. The third-order valence-electron chi connectivity index (χ3n) is 3.36. The predicted molar refractivity (Wildman–Crippen MR) is 75.3 cm³/mol. The molecule has 20 heavy (non-hydrogen) atoms. The number of hydrogen-bond donors (Lipinski definition) is 1. The number of aromatic nitrogens is 4. The van der Waals surface area contributed by atoms with Gasteiger partial charge < -0.3 is 10.2 Å². The van der Waals surface area contributed by atoms with Crippen LogP contribution in [0.4, 0.5) is 5.82 Å². The monoisotopic (exact) mass is 287 g/mol. The summed E-state index contributed by atoms with van der Waals surface area (Å²) in [4.78, 5) is 5.52. The van der Waals surface area contributed by atoms with Crippen LogP contribution in [0.3, 0.4) is 0 Å². The first kappa shape index (κ1) is 11.7. The number of oxazole rings is 1. The normalized spacial score (nSPS) is 14.8. The summed E-state index contributed by atoms with van der Waals surface area (Å²) in [5.74, 6) is 1.69. The van der Waals surface area contributed by atoms with E-state index in [1.165, 1.54) is 0 Å². The van der Waals surface area contributed by atoms with Crippen LogP contribution < -0.4 is 5.73 Å². The number of nitrogens with zero attached hydrogens (tertiary/aromatic N) is 4. The van der Waals surface area contributed by atoms with E-state index in [0.29, 0.717) is 24.2 Å². The molecular formula is C13H13N5OS. The third kappa shape index (κ3) is 2.00. The minimum absolute atomic E-state index is 0.508. The highest BCUT2D eigenvalue weighted by Crippen LogP contribution is 2.42. The molecule has 0 spiro atoms. The standard InChI is InChI=1S/C13H13N5OS/c14-12-11(8-3-4-8)18(17-16-12)6-9-7-19-13(15-9)10-2-1-5-20-10/h1-2,5,7-8H,3-4,6,14H2. The molecule has 7 heteroatoms. The van der Waals surface area contributed by atoms with Crippen molar-refractivity contribution < 1.29 is 4.42 Å². The van der Waals surface area contributed by atoms with E-state index < -0.39 is 0 Å². The predicted octanol–water partition coefficient (Wildman–Crippen LogP) is 2.50. The van der Waals surface area contributed by atoms with Crippen molar-refractivity contribution in [3.8, 4) is 10.8 Å². The van der Waals surface area contributed by atoms with Crippen molar-refractivity contribution in [3.63, 3.8) is 0 Å². The van der Waals surface area contributed by atoms with E-state index in [4.69, 9.17) is 10.2 Å². The minimum Gasteiger partial charge on any atom is -0.443 e. The van der Waals surface area contributed by atoms with Crippen LogP contribution in [-0.2, 0) is 6.54 Å². The molecule has 6 nitrogen and oxygen atoms in total. The molecule has 102 valence electrons. The molecule has 0 aromatic carbocycles. The summed E-state index contributed by atoms with van der Waals surface area (Å²) in [5.41, 5.74) is 7.75. The van der Waals surface area contributed by atoms with Crippen LogP contribution in [-0.4, -0.2) is 20.0 Å². The molecule has 0 aliphatic heterocycles. The van der Waals surface area contributed by atoms with Crippen LogP contribution in [0.1, 0.15) is 30.1 Å². The topological polar surface area (TPSA) is 82.8 Å². The lowest BCUT2D eigenvalue weighted by Crippen LogP contribution is -2.07. The Bertz CT molecular complexity index is 726. The molecular weight excluding hydrogens is 274 g/mol. The van der Waals surface area contributed by atoms with Crippen LogP contribution in [0.2, 0.25) is 0 Å². The van der Waals surface area contributed by atoms with Gasteiger partial charge in [-0.1, -0.05) is 11.3 Å². The van der Waals surface area contributed by atoms with E-state index in [2.05, 4.69) is 15.3 Å². The van der Waals surface area contributed by atoms with Crippen LogP contribution in [0.15, 0.2) is 28.2 Å². The Kier molecular flexibility index (Phi) is 2.59. The molecule has 4 rings (SSSR count). The van der Waals surface area contributed by atoms with Crippen LogP contribution in [0.5, 0.6) is 0 Å². The van der Waals surface area contributed by atoms with Gasteiger partial charge >= 0.3 is 0 Å². The van der Waals surface area contributed by atoms with Crippen molar-refractivity contribution in [1.82, 2.24) is 20.0 Å². The molecule has 2 N–H and O–H groups in total. The molecule has 0 saturated heterocycles. The molecule has 1 fully saturated rings. The van der Waals surface area contributed by atoms with Gasteiger partial charge in [0.1, 0.15) is 12.0 Å². The molecule has 1 aliphatic carbocycles. The zero-order valence-corrected chi connectivity index (χ0v) is 11.5. The summed E-state index contributed by atoms with van der Waals surface area (Å²) < 4.78 is 7.35. The largest absolute Gasteiger partial charge is 0.443 e. The van der Waals surface area contributed by atoms with E-state index in [1.807, 2.05) is 22.2 Å². The van der Waals surface area contributed by atoms with Crippen LogP contribution in [0, 0.1) is 0 Å². The second-order valence-electron chi connectivity index (χ2n) is 4.91. The van der Waals surface area contributed by atoms with E-state index in [0.717, 1.165) is 29.1 Å². The zero-order valence-electron chi connectivity index (χ0n) is 10.7. The van der Waals surface area contributed by atoms with Crippen LogP contribution >= 0.6 is 11.3 Å². The Morgan fingerprint density at radius 3 is 3.10 bits per heavy atom. The van der Waals surface area contributed by atoms with Crippen molar-refractivity contribution >= 4 is 17.2 Å². The number of rotatable bonds is 4. The maximum absolute atomic E-state index is 5.88. The summed E-state index contributed by atoms with van der Waals surface area (Å²) in [5, 5.41) is 10.1. The molecule has 1 saturated carbocycles. The second-order valence-corrected chi connectivity index (χ2v) is 5.86. The van der Waals surface area contributed by atoms with Gasteiger partial charge in [-0.2, -0.15) is 0 Å². The van der Waals surface area contributed by atoms with E-state index >= 15 is 0 Å². The smallest absolute Gasteiger partial charge is 0.236 e. The van der Waals surface area contributed by atoms with Crippen molar-refractivity contribution in [2.45, 2.75) is 25.3 Å². The number of nitrogen functional groups attached to an aromatic ring is 1. The fourth-order valence-electron chi connectivity index (χ4n) is 2.27. The van der Waals surface area contributed by atoms with E-state index in [1.54, 1.807) is 17.6 Å². The molecule has 0 radical (unpaired) electrons. The molecule has 3 aromatic rings. The van der Waals surface area contributed by atoms with E-state index in [9.17, 15) is 0 Å². The quantitative estimate of drug-likeness (QED) is 0.797. The summed E-state index contributed by atoms with van der Waals surface area (Å²) in [7, 11) is 0. The van der Waals surface area contributed by atoms with E-state index in [-0.39, 0.29) is 0 Å². The summed E-state index contributed by atoms with van der Waals surface area (Å²) in [6.07, 6.45) is 4.00. The zero-order chi connectivity index (χ0) is 13.5. The first-order valence-corrected chi connectivity index (χ1v) is 7.36. The van der Waals surface area contributed by atoms with Gasteiger partial charge in [0.05, 0.1) is 17.1 Å². The number of hydrogen-bond acceptors (Lipinski definition) is 6. The van der Waals surface area contributed by atoms with Gasteiger partial charge in [0.25, 0.3) is 0 Å². The van der Waals surface area contributed by atoms with Gasteiger partial charge in [-0.3, -0.25) is 0 Å². The Balaban J connectivity index is 1.60. The molecule has 1 aliphatic rings. The highest BCUT2D eigenvalue weighted by Gasteiger charge is 2.30. The lowest BCUT2D eigenvalue weighted by Gasteiger charge is -2.02. The van der Waals surface area contributed by atoms with Gasteiger partial charge in [0.2, 0.25) is 5.89 Å². The number of nitrogens with two attached hydrogens (primary N) is 1. The van der Waals surface area contributed by atoms with Gasteiger partial charge in [-0.05, 0) is 24.3 Å². The summed E-state index contributed by atoms with van der Waals surface area (Å²) in [6.45, 7) is 0.547. The van der Waals surface area contributed by atoms with Gasteiger partial charge in [0, 0.05) is 5.92 Å². The summed E-state index contributed by atoms with van der Waals surface area (Å²) >= 11 is 1.61. The number of thiophene rings is 1. The Labute approximate surface area is 119 Å². The second kappa shape index (κ2) is 4.45. The average Bonchev–Trinajstić information content (AvgIpc) is 2.88. The summed E-state index contributed by atoms with van der Waals surface area (Å²) in [6, 6.07) is 3.97. The minimum atomic E-state index is 0.508. The fraction of sp³-hybridized carbons (Fsp3) is 0.308. The van der Waals surface area contributed by atoms with Crippen molar-refractivity contribution in [3.05, 3.63) is 35.2 Å². The van der Waals surface area contributed by atoms with Gasteiger partial charge in [-0.25, -0.2) is 9.67 Å². The van der Waals surface area contributed by atoms with Crippen molar-refractivity contribution in [2.24, 2.45) is 0 Å². The highest BCUT2D eigenvalue weighted by atomic mass is 32.1. The maximum Gasteiger partial charge on any atom is 0.236 e. The van der Waals surface area contributed by atoms with Gasteiger partial charge in [-0.15, -0.1) is 16.4 Å². The Hall–Kier alpha value is -2.15. The van der Waals surface area contributed by atoms with Gasteiger partial charge in [0.15, 0.2) is 5.82 Å². The Morgan fingerprint density at radius 2 is 2.35 bits per heavy atom. The van der Waals surface area contributed by atoms with Crippen molar-refractivity contribution in [2.75, 3.05) is 5.73 Å². The molecule has 0 atom stereocenters. The maximum atomic E-state index is 5.88. The average molecular weight is 287 g/mol. The molecule has 3 aromatic heterocycles. The SMILES string of the molecule is Nc1nnn(Cc2coc(-c3cccs3)n2)c1C1CC1. The first-order valence-electron chi connectivity index (χ1n) is 6.48. The number of anilines is 1. The fourth-order valence-corrected chi connectivity index (χ4v) is 2.93. The Morgan fingerprint density at radius 1 is 1.45 bits per heavy atom. The van der Waals surface area contributed by atoms with Crippen LogP contribution in [0.25, 0.3) is 10.8 Å². The lowest BCUT2D eigenvalue weighted by atomic mass is 10.3. The third-order valence-corrected chi connectivity index (χ3v) is 4.22. The molecule has 0 unspecified atom stereocenters. The first-order chi connectivity index (χ1) is 9.81. The molecule has 0 bridgehead atoms. The van der Waals surface area contributed by atoms with Crippen molar-refractivity contribution in [1.29, 1.82) is 0 Å². The molecule has 3 heterocycles. The highest BCUT2D eigenvalue weighted by molar-refractivity contribution is 7.13. The molecule has 0 amide bonds.